The molecule has 0 saturated heterocycles. The second kappa shape index (κ2) is 15.1. The molecule has 2 rings (SSSR count). The molecule has 0 fully saturated rings. The van der Waals surface area contributed by atoms with E-state index in [0.29, 0.717) is 5.75 Å². The number of aliphatic carboxylic acids is 2. The van der Waals surface area contributed by atoms with Crippen LogP contribution in [-0.4, -0.2) is 81.0 Å². The molecule has 0 aliphatic heterocycles. The molecule has 0 aliphatic carbocycles. The van der Waals surface area contributed by atoms with Crippen LogP contribution < -0.4 is 21.7 Å². The monoisotopic (exact) mass is 563 g/mol. The predicted molar refractivity (Wildman–Crippen MR) is 148 cm³/mol. The number of aromatic amines is 1. The SMILES string of the molecule is CSCCC(NC(=O)C(CCC(=O)O)NC(=O)C(N)Cc1c[nH]c2ccccc12)C(=O)NC(C(=O)O)C(C)C. The van der Waals surface area contributed by atoms with Gasteiger partial charge in [-0.3, -0.25) is 19.2 Å². The van der Waals surface area contributed by atoms with Gasteiger partial charge in [0.2, 0.25) is 17.7 Å². The van der Waals surface area contributed by atoms with Crippen molar-refractivity contribution in [1.82, 2.24) is 20.9 Å². The molecule has 0 saturated carbocycles. The average Bonchev–Trinajstić information content (AvgIpc) is 3.29. The van der Waals surface area contributed by atoms with Gasteiger partial charge in [-0.1, -0.05) is 32.0 Å². The van der Waals surface area contributed by atoms with Gasteiger partial charge in [0.05, 0.1) is 6.04 Å². The smallest absolute Gasteiger partial charge is 0.326 e. The van der Waals surface area contributed by atoms with Crippen LogP contribution in [0.3, 0.4) is 0 Å². The number of fused-ring (bicyclic) bond motifs is 1. The number of carboxylic acids is 2. The third-order valence-electron chi connectivity index (χ3n) is 6.21. The molecule has 214 valence electrons. The molecule has 0 radical (unpaired) electrons. The molecular weight excluding hydrogens is 526 g/mol. The van der Waals surface area contributed by atoms with E-state index >= 15 is 0 Å². The van der Waals surface area contributed by atoms with E-state index in [-0.39, 0.29) is 19.3 Å². The number of nitrogens with one attached hydrogen (secondary N) is 4. The highest BCUT2D eigenvalue weighted by molar-refractivity contribution is 7.98. The lowest BCUT2D eigenvalue weighted by atomic mass is 10.0. The fraction of sp³-hybridized carbons (Fsp3) is 0.500. The van der Waals surface area contributed by atoms with Crippen LogP contribution in [0, 0.1) is 5.92 Å². The van der Waals surface area contributed by atoms with Crippen molar-refractivity contribution in [3.8, 4) is 0 Å². The maximum Gasteiger partial charge on any atom is 0.326 e. The van der Waals surface area contributed by atoms with Crippen molar-refractivity contribution in [3.63, 3.8) is 0 Å². The summed E-state index contributed by atoms with van der Waals surface area (Å²) in [6.07, 6.45) is 3.30. The van der Waals surface area contributed by atoms with Crippen molar-refractivity contribution >= 4 is 52.3 Å². The Morgan fingerprint density at radius 3 is 2.18 bits per heavy atom. The lowest BCUT2D eigenvalue weighted by Crippen LogP contribution is -2.58. The highest BCUT2D eigenvalue weighted by Gasteiger charge is 2.31. The first-order chi connectivity index (χ1) is 18.4. The first-order valence-electron chi connectivity index (χ1n) is 12.6. The van der Waals surface area contributed by atoms with Gasteiger partial charge in [0, 0.05) is 23.5 Å². The van der Waals surface area contributed by atoms with Crippen LogP contribution in [0.5, 0.6) is 0 Å². The van der Waals surface area contributed by atoms with Gasteiger partial charge < -0.3 is 36.9 Å². The number of nitrogens with two attached hydrogens (primary N) is 1. The second-order valence-electron chi connectivity index (χ2n) is 9.57. The van der Waals surface area contributed by atoms with Crippen molar-refractivity contribution in [2.24, 2.45) is 11.7 Å². The molecule has 2 aromatic rings. The minimum Gasteiger partial charge on any atom is -0.481 e. The van der Waals surface area contributed by atoms with Gasteiger partial charge >= 0.3 is 11.9 Å². The number of para-hydroxylation sites is 1. The van der Waals surface area contributed by atoms with Crippen LogP contribution in [0.1, 0.15) is 38.7 Å². The van der Waals surface area contributed by atoms with Gasteiger partial charge in [-0.15, -0.1) is 0 Å². The third-order valence-corrected chi connectivity index (χ3v) is 6.85. The number of carbonyl (C=O) groups is 5. The Morgan fingerprint density at radius 1 is 0.949 bits per heavy atom. The number of thioether (sulfide) groups is 1. The molecular formula is C26H37N5O7S. The van der Waals surface area contributed by atoms with Crippen molar-refractivity contribution < 1.29 is 34.2 Å². The van der Waals surface area contributed by atoms with Crippen LogP contribution in [0.4, 0.5) is 0 Å². The molecule has 0 bridgehead atoms. The number of hydrogen-bond donors (Lipinski definition) is 7. The number of benzene rings is 1. The van der Waals surface area contributed by atoms with Crippen LogP contribution in [0.25, 0.3) is 10.9 Å². The number of rotatable bonds is 16. The molecule has 4 unspecified atom stereocenters. The van der Waals surface area contributed by atoms with Gasteiger partial charge in [0.25, 0.3) is 0 Å². The quantitative estimate of drug-likeness (QED) is 0.154. The van der Waals surface area contributed by atoms with Gasteiger partial charge in [0.15, 0.2) is 0 Å². The molecule has 12 nitrogen and oxygen atoms in total. The van der Waals surface area contributed by atoms with E-state index in [1.165, 1.54) is 11.8 Å². The van der Waals surface area contributed by atoms with E-state index in [0.717, 1.165) is 16.5 Å². The number of carboxylic acid groups (broad SMARTS) is 2. The molecule has 1 aromatic heterocycles. The first-order valence-corrected chi connectivity index (χ1v) is 14.0. The Hall–Kier alpha value is -3.58. The van der Waals surface area contributed by atoms with Crippen molar-refractivity contribution in [3.05, 3.63) is 36.0 Å². The topological polar surface area (TPSA) is 204 Å². The Kier molecular flexibility index (Phi) is 12.3. The van der Waals surface area contributed by atoms with Gasteiger partial charge in [0.1, 0.15) is 18.1 Å². The van der Waals surface area contributed by atoms with Crippen molar-refractivity contribution in [2.45, 2.75) is 63.7 Å². The van der Waals surface area contributed by atoms with E-state index in [1.54, 1.807) is 20.0 Å². The summed E-state index contributed by atoms with van der Waals surface area (Å²) >= 11 is 1.43. The lowest BCUT2D eigenvalue weighted by Gasteiger charge is -2.26. The van der Waals surface area contributed by atoms with Gasteiger partial charge in [-0.05, 0) is 48.8 Å². The number of amides is 3. The Morgan fingerprint density at radius 2 is 1.56 bits per heavy atom. The summed E-state index contributed by atoms with van der Waals surface area (Å²) in [6, 6.07) is 2.98. The summed E-state index contributed by atoms with van der Waals surface area (Å²) in [4.78, 5) is 64.9. The molecule has 4 atom stereocenters. The number of carbonyl (C=O) groups excluding carboxylic acids is 3. The second-order valence-corrected chi connectivity index (χ2v) is 10.6. The Labute approximate surface area is 230 Å². The molecule has 0 spiro atoms. The largest absolute Gasteiger partial charge is 0.481 e. The minimum absolute atomic E-state index is 0.174. The van der Waals surface area contributed by atoms with E-state index < -0.39 is 66.2 Å². The molecule has 13 heteroatoms. The normalized spacial score (nSPS) is 14.3. The van der Waals surface area contributed by atoms with Crippen LogP contribution in [0.2, 0.25) is 0 Å². The lowest BCUT2D eigenvalue weighted by molar-refractivity contribution is -0.143. The third kappa shape index (κ3) is 9.59. The molecule has 1 aromatic carbocycles. The summed E-state index contributed by atoms with van der Waals surface area (Å²) in [7, 11) is 0. The fourth-order valence-corrected chi connectivity index (χ4v) is 4.46. The van der Waals surface area contributed by atoms with Crippen molar-refractivity contribution in [1.29, 1.82) is 0 Å². The summed E-state index contributed by atoms with van der Waals surface area (Å²) in [6.45, 7) is 3.29. The van der Waals surface area contributed by atoms with E-state index in [9.17, 15) is 29.1 Å². The average molecular weight is 564 g/mol. The molecule has 8 N–H and O–H groups in total. The molecule has 1 heterocycles. The zero-order chi connectivity index (χ0) is 29.1. The van der Waals surface area contributed by atoms with E-state index in [2.05, 4.69) is 20.9 Å². The zero-order valence-corrected chi connectivity index (χ0v) is 23.0. The predicted octanol–water partition coefficient (Wildman–Crippen LogP) is 0.851. The highest BCUT2D eigenvalue weighted by Crippen LogP contribution is 2.19. The number of H-pyrrole nitrogens is 1. The first kappa shape index (κ1) is 31.6. The maximum atomic E-state index is 13.2. The fourth-order valence-electron chi connectivity index (χ4n) is 3.99. The van der Waals surface area contributed by atoms with Gasteiger partial charge in [-0.25, -0.2) is 4.79 Å². The Balaban J connectivity index is 2.14. The molecule has 3 amide bonds. The van der Waals surface area contributed by atoms with Crippen LogP contribution in [0.15, 0.2) is 30.5 Å². The zero-order valence-electron chi connectivity index (χ0n) is 22.2. The number of aromatic nitrogens is 1. The molecule has 0 aliphatic rings. The summed E-state index contributed by atoms with van der Waals surface area (Å²) in [5.74, 6) is -4.38. The van der Waals surface area contributed by atoms with Crippen LogP contribution in [-0.2, 0) is 30.4 Å². The minimum atomic E-state index is -1.27. The summed E-state index contributed by atoms with van der Waals surface area (Å²) in [5.41, 5.74) is 7.83. The van der Waals surface area contributed by atoms with Crippen molar-refractivity contribution in [2.75, 3.05) is 12.0 Å². The van der Waals surface area contributed by atoms with E-state index in [1.807, 2.05) is 30.5 Å². The summed E-state index contributed by atoms with van der Waals surface area (Å²) < 4.78 is 0. The summed E-state index contributed by atoms with van der Waals surface area (Å²) in [5, 5.41) is 27.0. The van der Waals surface area contributed by atoms with E-state index in [4.69, 9.17) is 10.8 Å². The standard InChI is InChI=1S/C26H37N5O7S/c1-14(2)22(26(37)38)31-25(36)20(10-11-39-3)30-24(35)19(8-9-21(32)33)29-23(34)17(27)12-15-13-28-18-7-5-4-6-16(15)18/h4-7,13-14,17,19-20,22,28H,8-12,27H2,1-3H3,(H,29,34)(H,30,35)(H,31,36)(H,32,33)(H,37,38). The maximum absolute atomic E-state index is 13.2. The Bertz CT molecular complexity index is 1170. The number of hydrogen-bond acceptors (Lipinski definition) is 7. The highest BCUT2D eigenvalue weighted by atomic mass is 32.2. The molecule has 39 heavy (non-hydrogen) atoms. The van der Waals surface area contributed by atoms with Crippen LogP contribution >= 0.6 is 11.8 Å². The van der Waals surface area contributed by atoms with Gasteiger partial charge in [-0.2, -0.15) is 11.8 Å².